The van der Waals surface area contributed by atoms with Crippen LogP contribution in [0.2, 0.25) is 0 Å². The summed E-state index contributed by atoms with van der Waals surface area (Å²) >= 11 is 0. The van der Waals surface area contributed by atoms with E-state index in [1.165, 1.54) is 0 Å². The molecule has 1 saturated heterocycles. The molecular formula is C12H24N2O3. The lowest BCUT2D eigenvalue weighted by Crippen LogP contribution is -2.46. The zero-order chi connectivity index (χ0) is 12.7. The minimum atomic E-state index is -0.645. The molecule has 0 bridgehead atoms. The first-order valence-electron chi connectivity index (χ1n) is 6.31. The fourth-order valence-corrected chi connectivity index (χ4v) is 2.07. The Balaban J connectivity index is 2.23. The van der Waals surface area contributed by atoms with Gasteiger partial charge in [0.1, 0.15) is 0 Å². The molecule has 100 valence electrons. The first-order chi connectivity index (χ1) is 8.06. The molecule has 1 fully saturated rings. The molecule has 0 radical (unpaired) electrons. The summed E-state index contributed by atoms with van der Waals surface area (Å²) in [6.45, 7) is 5.11. The van der Waals surface area contributed by atoms with Crippen LogP contribution in [-0.4, -0.2) is 61.4 Å². The van der Waals surface area contributed by atoms with Crippen molar-refractivity contribution >= 4 is 5.91 Å². The van der Waals surface area contributed by atoms with Gasteiger partial charge in [-0.05, 0) is 14.0 Å². The summed E-state index contributed by atoms with van der Waals surface area (Å²) in [5, 5.41) is 13.1. The van der Waals surface area contributed by atoms with Crippen LogP contribution in [-0.2, 0) is 9.53 Å². The maximum atomic E-state index is 11.3. The summed E-state index contributed by atoms with van der Waals surface area (Å²) in [4.78, 5) is 13.3. The molecule has 5 heteroatoms. The third-order valence-corrected chi connectivity index (χ3v) is 3.08. The quantitative estimate of drug-likeness (QED) is 0.689. The Kier molecular flexibility index (Phi) is 5.88. The number of amides is 1. The van der Waals surface area contributed by atoms with E-state index in [4.69, 9.17) is 4.74 Å². The van der Waals surface area contributed by atoms with Gasteiger partial charge in [-0.2, -0.15) is 0 Å². The van der Waals surface area contributed by atoms with Crippen LogP contribution in [0.1, 0.15) is 26.2 Å². The van der Waals surface area contributed by atoms with Crippen molar-refractivity contribution in [2.75, 3.05) is 39.9 Å². The lowest BCUT2D eigenvalue weighted by molar-refractivity contribution is -0.121. The zero-order valence-electron chi connectivity index (χ0n) is 10.9. The van der Waals surface area contributed by atoms with E-state index >= 15 is 0 Å². The van der Waals surface area contributed by atoms with E-state index in [0.29, 0.717) is 52.1 Å². The minimum absolute atomic E-state index is 0.0679. The van der Waals surface area contributed by atoms with Gasteiger partial charge >= 0.3 is 0 Å². The predicted molar refractivity (Wildman–Crippen MR) is 65.8 cm³/mol. The van der Waals surface area contributed by atoms with Crippen molar-refractivity contribution in [1.82, 2.24) is 10.2 Å². The average molecular weight is 244 g/mol. The molecule has 0 saturated carbocycles. The number of hydrogen-bond donors (Lipinski definition) is 2. The van der Waals surface area contributed by atoms with E-state index in [9.17, 15) is 9.90 Å². The van der Waals surface area contributed by atoms with Gasteiger partial charge in [-0.3, -0.25) is 4.79 Å². The summed E-state index contributed by atoms with van der Waals surface area (Å²) in [6, 6.07) is 0. The molecule has 0 spiro atoms. The van der Waals surface area contributed by atoms with Crippen molar-refractivity contribution in [3.05, 3.63) is 0 Å². The summed E-state index contributed by atoms with van der Waals surface area (Å²) in [5.74, 6) is 0.0679. The number of carbonyl (C=O) groups excluding carboxylic acids is 1. The van der Waals surface area contributed by atoms with E-state index in [0.717, 1.165) is 0 Å². The Labute approximate surface area is 103 Å². The molecule has 0 aromatic carbocycles. The van der Waals surface area contributed by atoms with Gasteiger partial charge in [0.25, 0.3) is 0 Å². The molecule has 1 amide bonds. The number of nitrogens with zero attached hydrogens (tertiary/aromatic N) is 1. The van der Waals surface area contributed by atoms with Gasteiger partial charge in [-0.1, -0.05) is 0 Å². The van der Waals surface area contributed by atoms with Crippen molar-refractivity contribution in [2.45, 2.75) is 31.8 Å². The highest BCUT2D eigenvalue weighted by Crippen LogP contribution is 2.21. The molecule has 2 N–H and O–H groups in total. The molecule has 0 unspecified atom stereocenters. The van der Waals surface area contributed by atoms with Crippen LogP contribution < -0.4 is 5.32 Å². The Hall–Kier alpha value is -0.650. The van der Waals surface area contributed by atoms with Crippen LogP contribution in [0.5, 0.6) is 0 Å². The molecule has 0 aliphatic carbocycles. The van der Waals surface area contributed by atoms with Gasteiger partial charge in [-0.25, -0.2) is 0 Å². The number of rotatable bonds is 6. The normalized spacial score (nSPS) is 19.3. The fourth-order valence-electron chi connectivity index (χ4n) is 2.07. The Morgan fingerprint density at radius 3 is 2.71 bits per heavy atom. The Morgan fingerprint density at radius 2 is 2.12 bits per heavy atom. The second-order valence-electron chi connectivity index (χ2n) is 4.78. The van der Waals surface area contributed by atoms with Crippen LogP contribution in [0.25, 0.3) is 0 Å². The Bertz CT molecular complexity index is 240. The van der Waals surface area contributed by atoms with E-state index in [1.54, 1.807) is 0 Å². The van der Waals surface area contributed by atoms with Crippen molar-refractivity contribution in [2.24, 2.45) is 0 Å². The first kappa shape index (κ1) is 14.4. The van der Waals surface area contributed by atoms with Crippen molar-refractivity contribution < 1.29 is 14.6 Å². The highest BCUT2D eigenvalue weighted by molar-refractivity contribution is 5.75. The number of likely N-dealkylation sites (N-methyl/N-ethyl adjacent to an activating group) is 1. The maximum Gasteiger partial charge on any atom is 0.221 e. The van der Waals surface area contributed by atoms with Crippen molar-refractivity contribution in [3.8, 4) is 0 Å². The van der Waals surface area contributed by atoms with Gasteiger partial charge in [-0.15, -0.1) is 0 Å². The lowest BCUT2D eigenvalue weighted by atomic mass is 9.94. The third-order valence-electron chi connectivity index (χ3n) is 3.08. The molecule has 17 heavy (non-hydrogen) atoms. The van der Waals surface area contributed by atoms with Crippen LogP contribution >= 0.6 is 0 Å². The highest BCUT2D eigenvalue weighted by Gasteiger charge is 2.30. The minimum Gasteiger partial charge on any atom is -0.388 e. The monoisotopic (exact) mass is 244 g/mol. The third kappa shape index (κ3) is 5.48. The summed E-state index contributed by atoms with van der Waals surface area (Å²) < 4.78 is 5.23. The van der Waals surface area contributed by atoms with Gasteiger partial charge in [0.05, 0.1) is 5.60 Å². The summed E-state index contributed by atoms with van der Waals surface area (Å²) in [5.41, 5.74) is -0.645. The van der Waals surface area contributed by atoms with Gasteiger partial charge in [0.15, 0.2) is 0 Å². The average Bonchev–Trinajstić information content (AvgIpc) is 2.27. The topological polar surface area (TPSA) is 61.8 Å². The van der Waals surface area contributed by atoms with Crippen LogP contribution in [0.3, 0.4) is 0 Å². The first-order valence-corrected chi connectivity index (χ1v) is 6.31. The number of hydrogen-bond acceptors (Lipinski definition) is 4. The molecule has 1 aliphatic rings. The zero-order valence-corrected chi connectivity index (χ0v) is 10.9. The van der Waals surface area contributed by atoms with Crippen molar-refractivity contribution in [3.63, 3.8) is 0 Å². The number of nitrogens with one attached hydrogen (secondary N) is 1. The van der Waals surface area contributed by atoms with E-state index < -0.39 is 5.60 Å². The molecule has 0 aromatic heterocycles. The molecular weight excluding hydrogens is 220 g/mol. The smallest absolute Gasteiger partial charge is 0.221 e. The van der Waals surface area contributed by atoms with Crippen LogP contribution in [0.15, 0.2) is 0 Å². The lowest BCUT2D eigenvalue weighted by Gasteiger charge is -2.35. The van der Waals surface area contributed by atoms with E-state index in [1.807, 2.05) is 18.9 Å². The molecule has 1 heterocycles. The largest absolute Gasteiger partial charge is 0.388 e. The van der Waals surface area contributed by atoms with E-state index in [-0.39, 0.29) is 5.91 Å². The molecule has 1 aliphatic heterocycles. The summed E-state index contributed by atoms with van der Waals surface area (Å²) in [7, 11) is 1.94. The van der Waals surface area contributed by atoms with Gasteiger partial charge in [0.2, 0.25) is 5.91 Å². The van der Waals surface area contributed by atoms with Gasteiger partial charge in [0, 0.05) is 52.1 Å². The van der Waals surface area contributed by atoms with Gasteiger partial charge < -0.3 is 20.1 Å². The number of carbonyl (C=O) groups is 1. The molecule has 5 nitrogen and oxygen atoms in total. The fraction of sp³-hybridized carbons (Fsp3) is 0.917. The van der Waals surface area contributed by atoms with Crippen LogP contribution in [0.4, 0.5) is 0 Å². The molecule has 0 atom stereocenters. The highest BCUT2D eigenvalue weighted by atomic mass is 16.5. The SMILES string of the molecule is CCNC(=O)CCN(C)CC1(O)CCOCC1. The summed E-state index contributed by atoms with van der Waals surface area (Å²) in [6.07, 6.45) is 1.84. The Morgan fingerprint density at radius 1 is 1.47 bits per heavy atom. The van der Waals surface area contributed by atoms with Crippen molar-refractivity contribution in [1.29, 1.82) is 0 Å². The van der Waals surface area contributed by atoms with E-state index in [2.05, 4.69) is 5.32 Å². The maximum absolute atomic E-state index is 11.3. The number of aliphatic hydroxyl groups is 1. The standard InChI is InChI=1S/C12H24N2O3/c1-3-13-11(15)4-7-14(2)10-12(16)5-8-17-9-6-12/h16H,3-10H2,1-2H3,(H,13,15). The second kappa shape index (κ2) is 6.93. The second-order valence-corrected chi connectivity index (χ2v) is 4.78. The van der Waals surface area contributed by atoms with Crippen LogP contribution in [0, 0.1) is 0 Å². The predicted octanol–water partition coefficient (Wildman–Crippen LogP) is -0.0141. The number of ether oxygens (including phenoxy) is 1. The molecule has 0 aromatic rings. The molecule has 1 rings (SSSR count).